The van der Waals surface area contributed by atoms with Crippen LogP contribution in [-0.2, 0) is 6.54 Å². The minimum Gasteiger partial charge on any atom is -0.472 e. The van der Waals surface area contributed by atoms with E-state index in [-0.39, 0.29) is 18.7 Å². The summed E-state index contributed by atoms with van der Waals surface area (Å²) in [6, 6.07) is 5.72. The number of carbonyl (C=O) groups excluding carboxylic acids is 1. The number of hydrogen-bond donors (Lipinski definition) is 2. The van der Waals surface area contributed by atoms with Gasteiger partial charge in [-0.25, -0.2) is 4.79 Å². The van der Waals surface area contributed by atoms with E-state index in [0.29, 0.717) is 19.5 Å². The van der Waals surface area contributed by atoms with Crippen LogP contribution in [0.1, 0.15) is 23.4 Å². The molecule has 0 radical (unpaired) electrons. The lowest BCUT2D eigenvalue weighted by Gasteiger charge is -2.41. The molecule has 2 aromatic heterocycles. The van der Waals surface area contributed by atoms with Gasteiger partial charge in [-0.2, -0.15) is 0 Å². The lowest BCUT2D eigenvalue weighted by Crippen LogP contribution is -2.55. The normalized spacial score (nSPS) is 18.1. The zero-order chi connectivity index (χ0) is 18.5. The number of pyridine rings is 1. The summed E-state index contributed by atoms with van der Waals surface area (Å²) in [6.45, 7) is 6.67. The number of aromatic nitrogens is 1. The third-order valence-corrected chi connectivity index (χ3v) is 4.79. The largest absolute Gasteiger partial charge is 0.472 e. The molecule has 2 aromatic rings. The number of aliphatic hydroxyl groups is 1. The van der Waals surface area contributed by atoms with E-state index in [1.165, 1.54) is 0 Å². The lowest BCUT2D eigenvalue weighted by atomic mass is 10.1. The van der Waals surface area contributed by atoms with Crippen LogP contribution in [0.15, 0.2) is 35.1 Å². The van der Waals surface area contributed by atoms with Gasteiger partial charge >= 0.3 is 6.03 Å². The van der Waals surface area contributed by atoms with E-state index < -0.39 is 0 Å². The molecule has 0 aliphatic carbocycles. The van der Waals surface area contributed by atoms with Crippen LogP contribution >= 0.6 is 0 Å². The van der Waals surface area contributed by atoms with Crippen molar-refractivity contribution >= 4 is 11.7 Å². The van der Waals surface area contributed by atoms with E-state index in [1.54, 1.807) is 12.5 Å². The van der Waals surface area contributed by atoms with Gasteiger partial charge in [0.15, 0.2) is 0 Å². The van der Waals surface area contributed by atoms with Crippen LogP contribution in [0.4, 0.5) is 10.5 Å². The predicted octanol–water partition coefficient (Wildman–Crippen LogP) is 2.39. The average molecular weight is 358 g/mol. The number of piperazine rings is 1. The van der Waals surface area contributed by atoms with Gasteiger partial charge in [-0.3, -0.25) is 9.88 Å². The molecule has 0 spiro atoms. The van der Waals surface area contributed by atoms with E-state index in [9.17, 15) is 9.90 Å². The topological polar surface area (TPSA) is 81.8 Å². The molecule has 3 heterocycles. The van der Waals surface area contributed by atoms with Crippen LogP contribution < -0.4 is 5.32 Å². The van der Waals surface area contributed by atoms with E-state index in [0.717, 1.165) is 35.7 Å². The fourth-order valence-electron chi connectivity index (χ4n) is 3.34. The second-order valence-corrected chi connectivity index (χ2v) is 6.73. The summed E-state index contributed by atoms with van der Waals surface area (Å²) >= 11 is 0. The summed E-state index contributed by atoms with van der Waals surface area (Å²) < 4.78 is 5.14. The van der Waals surface area contributed by atoms with Crippen molar-refractivity contribution in [3.8, 4) is 0 Å². The molecular formula is C19H26N4O3. The Balaban J connectivity index is 1.63. The third-order valence-electron chi connectivity index (χ3n) is 4.79. The standard InChI is InChI=1S/C19H26N4O3/c1-14-3-4-18(15(2)20-14)21-19(25)23-8-7-22(17(12-23)5-9-24)11-16-6-10-26-13-16/h3-4,6,10,13,17,24H,5,7-9,11-12H2,1-2H3,(H,21,25). The molecule has 2 N–H and O–H groups in total. The van der Waals surface area contributed by atoms with Crippen molar-refractivity contribution in [2.75, 3.05) is 31.6 Å². The van der Waals surface area contributed by atoms with Crippen molar-refractivity contribution in [3.63, 3.8) is 0 Å². The molecule has 7 nitrogen and oxygen atoms in total. The Labute approximate surface area is 153 Å². The van der Waals surface area contributed by atoms with Crippen molar-refractivity contribution in [2.24, 2.45) is 0 Å². The lowest BCUT2D eigenvalue weighted by molar-refractivity contribution is 0.0717. The Kier molecular flexibility index (Phi) is 5.90. The number of aryl methyl sites for hydroxylation is 2. The summed E-state index contributed by atoms with van der Waals surface area (Å²) in [5.41, 5.74) is 3.58. The molecule has 1 saturated heterocycles. The Bertz CT molecular complexity index is 732. The monoisotopic (exact) mass is 358 g/mol. The molecule has 1 atom stereocenters. The van der Waals surface area contributed by atoms with Gasteiger partial charge in [-0.05, 0) is 38.5 Å². The first-order valence-electron chi connectivity index (χ1n) is 8.93. The molecule has 1 unspecified atom stereocenters. The van der Waals surface area contributed by atoms with E-state index in [1.807, 2.05) is 36.9 Å². The molecule has 140 valence electrons. The van der Waals surface area contributed by atoms with Gasteiger partial charge in [0.1, 0.15) is 0 Å². The molecule has 2 amide bonds. The number of urea groups is 1. The van der Waals surface area contributed by atoms with Gasteiger partial charge in [-0.1, -0.05) is 0 Å². The number of anilines is 1. The Morgan fingerprint density at radius 1 is 1.35 bits per heavy atom. The highest BCUT2D eigenvalue weighted by Gasteiger charge is 2.29. The summed E-state index contributed by atoms with van der Waals surface area (Å²) in [7, 11) is 0. The van der Waals surface area contributed by atoms with Crippen molar-refractivity contribution in [1.82, 2.24) is 14.8 Å². The molecule has 1 fully saturated rings. The molecule has 7 heteroatoms. The number of rotatable bonds is 5. The van der Waals surface area contributed by atoms with Crippen LogP contribution in [0.2, 0.25) is 0 Å². The summed E-state index contributed by atoms with van der Waals surface area (Å²) in [4.78, 5) is 21.2. The molecule has 0 bridgehead atoms. The maximum absolute atomic E-state index is 12.7. The number of carbonyl (C=O) groups is 1. The first-order chi connectivity index (χ1) is 12.6. The first-order valence-corrected chi connectivity index (χ1v) is 8.93. The van der Waals surface area contributed by atoms with Crippen molar-refractivity contribution in [2.45, 2.75) is 32.9 Å². The van der Waals surface area contributed by atoms with Gasteiger partial charge in [0.05, 0.1) is 23.9 Å². The Morgan fingerprint density at radius 2 is 2.19 bits per heavy atom. The van der Waals surface area contributed by atoms with Gasteiger partial charge in [-0.15, -0.1) is 0 Å². The molecular weight excluding hydrogens is 332 g/mol. The van der Waals surface area contributed by atoms with Crippen LogP contribution in [0.3, 0.4) is 0 Å². The number of nitrogens with one attached hydrogen (secondary N) is 1. The molecule has 1 aliphatic rings. The first kappa shape index (κ1) is 18.4. The quantitative estimate of drug-likeness (QED) is 0.858. The fraction of sp³-hybridized carbons (Fsp3) is 0.474. The minimum absolute atomic E-state index is 0.100. The summed E-state index contributed by atoms with van der Waals surface area (Å²) in [5, 5.41) is 12.4. The van der Waals surface area contributed by atoms with Crippen LogP contribution in [-0.4, -0.2) is 58.2 Å². The van der Waals surface area contributed by atoms with Crippen molar-refractivity contribution in [3.05, 3.63) is 47.7 Å². The van der Waals surface area contributed by atoms with E-state index in [4.69, 9.17) is 4.42 Å². The van der Waals surface area contributed by atoms with Crippen LogP contribution in [0.25, 0.3) is 0 Å². The van der Waals surface area contributed by atoms with Gasteiger partial charge in [0.2, 0.25) is 0 Å². The van der Waals surface area contributed by atoms with E-state index >= 15 is 0 Å². The number of furan rings is 1. The Hall–Kier alpha value is -2.38. The molecule has 0 saturated carbocycles. The number of amides is 2. The fourth-order valence-corrected chi connectivity index (χ4v) is 3.34. The van der Waals surface area contributed by atoms with Crippen LogP contribution in [0.5, 0.6) is 0 Å². The van der Waals surface area contributed by atoms with Gasteiger partial charge in [0, 0.05) is 50.1 Å². The third kappa shape index (κ3) is 4.42. The summed E-state index contributed by atoms with van der Waals surface area (Å²) in [6.07, 6.45) is 4.03. The van der Waals surface area contributed by atoms with Crippen LogP contribution in [0, 0.1) is 13.8 Å². The number of nitrogens with zero attached hydrogens (tertiary/aromatic N) is 3. The smallest absolute Gasteiger partial charge is 0.321 e. The minimum atomic E-state index is -0.121. The molecule has 0 aromatic carbocycles. The maximum Gasteiger partial charge on any atom is 0.321 e. The second kappa shape index (κ2) is 8.33. The highest BCUT2D eigenvalue weighted by Crippen LogP contribution is 2.19. The molecule has 26 heavy (non-hydrogen) atoms. The molecule has 3 rings (SSSR count). The zero-order valence-corrected chi connectivity index (χ0v) is 15.3. The second-order valence-electron chi connectivity index (χ2n) is 6.73. The maximum atomic E-state index is 12.7. The highest BCUT2D eigenvalue weighted by molar-refractivity contribution is 5.90. The van der Waals surface area contributed by atoms with Crippen molar-refractivity contribution < 1.29 is 14.3 Å². The highest BCUT2D eigenvalue weighted by atomic mass is 16.3. The SMILES string of the molecule is Cc1ccc(NC(=O)N2CCN(Cc3ccoc3)C(CCO)C2)c(C)n1. The zero-order valence-electron chi connectivity index (χ0n) is 15.3. The number of aliphatic hydroxyl groups excluding tert-OH is 1. The van der Waals surface area contributed by atoms with Crippen molar-refractivity contribution in [1.29, 1.82) is 0 Å². The number of hydrogen-bond acceptors (Lipinski definition) is 5. The van der Waals surface area contributed by atoms with E-state index in [2.05, 4.69) is 15.2 Å². The molecule has 1 aliphatic heterocycles. The summed E-state index contributed by atoms with van der Waals surface area (Å²) in [5.74, 6) is 0. The van der Waals surface area contributed by atoms with Gasteiger partial charge in [0.25, 0.3) is 0 Å². The average Bonchev–Trinajstić information content (AvgIpc) is 3.12. The Morgan fingerprint density at radius 3 is 2.88 bits per heavy atom. The predicted molar refractivity (Wildman–Crippen MR) is 98.9 cm³/mol. The van der Waals surface area contributed by atoms with Gasteiger partial charge < -0.3 is 19.7 Å².